The van der Waals surface area contributed by atoms with E-state index in [1.807, 2.05) is 72.8 Å². The number of fused-ring (bicyclic) bond motifs is 11. The fraction of sp³-hybridized carbons (Fsp3) is 0.151. The molecule has 10 aromatic rings. The van der Waals surface area contributed by atoms with Gasteiger partial charge in [0.2, 0.25) is 0 Å². The van der Waals surface area contributed by atoms with Gasteiger partial charge in [0, 0.05) is 43.9 Å². The van der Waals surface area contributed by atoms with Crippen LogP contribution in [0.4, 0.5) is 0 Å². The Balaban J connectivity index is 0.998. The summed E-state index contributed by atoms with van der Waals surface area (Å²) in [6.07, 6.45) is 5.54. The van der Waals surface area contributed by atoms with E-state index in [-0.39, 0.29) is 0 Å². The van der Waals surface area contributed by atoms with Gasteiger partial charge in [-0.05, 0) is 126 Å². The van der Waals surface area contributed by atoms with E-state index in [0.717, 1.165) is 56.0 Å². The Bertz CT molecular complexity index is 3200. The van der Waals surface area contributed by atoms with Crippen LogP contribution < -0.4 is 0 Å². The van der Waals surface area contributed by atoms with Crippen molar-refractivity contribution in [3.63, 3.8) is 0 Å². The van der Waals surface area contributed by atoms with Crippen molar-refractivity contribution in [2.75, 3.05) is 0 Å². The second kappa shape index (κ2) is 12.3. The molecule has 0 amide bonds. The third-order valence-electron chi connectivity index (χ3n) is 13.6. The van der Waals surface area contributed by atoms with Crippen LogP contribution in [0.3, 0.4) is 0 Å². The van der Waals surface area contributed by atoms with Gasteiger partial charge in [-0.3, -0.25) is 0 Å². The molecule has 5 heteroatoms. The van der Waals surface area contributed by atoms with Crippen LogP contribution in [0.1, 0.15) is 48.6 Å². The van der Waals surface area contributed by atoms with Crippen molar-refractivity contribution in [3.8, 4) is 51.0 Å². The highest BCUT2D eigenvalue weighted by atomic mass is 16.3. The molecule has 5 nitrogen and oxygen atoms in total. The molecule has 3 bridgehead atoms. The lowest BCUT2D eigenvalue weighted by atomic mass is 9.69. The van der Waals surface area contributed by atoms with Gasteiger partial charge in [0.15, 0.2) is 17.5 Å². The molecule has 0 spiro atoms. The van der Waals surface area contributed by atoms with Crippen LogP contribution in [-0.4, -0.2) is 19.5 Å². The number of nitrogens with zero attached hydrogens (tertiary/aromatic N) is 4. The van der Waals surface area contributed by atoms with Crippen molar-refractivity contribution >= 4 is 43.7 Å². The summed E-state index contributed by atoms with van der Waals surface area (Å²) in [5.41, 5.74) is 13.8. The minimum atomic E-state index is 0.618. The van der Waals surface area contributed by atoms with Crippen LogP contribution in [-0.2, 0) is 0 Å². The van der Waals surface area contributed by atoms with Crippen molar-refractivity contribution in [2.45, 2.75) is 37.5 Å². The van der Waals surface area contributed by atoms with Crippen molar-refractivity contribution in [3.05, 3.63) is 169 Å². The minimum absolute atomic E-state index is 0.618. The summed E-state index contributed by atoms with van der Waals surface area (Å²) in [4.78, 5) is 15.1. The Kier molecular flexibility index (Phi) is 6.85. The zero-order valence-corrected chi connectivity index (χ0v) is 31.8. The normalized spacial score (nSPS) is 19.4. The van der Waals surface area contributed by atoms with Gasteiger partial charge in [-0.15, -0.1) is 0 Å². The Morgan fingerprint density at radius 3 is 1.90 bits per heavy atom. The maximum absolute atomic E-state index is 6.54. The minimum Gasteiger partial charge on any atom is -0.456 e. The molecule has 2 fully saturated rings. The van der Waals surface area contributed by atoms with Gasteiger partial charge in [0.25, 0.3) is 0 Å². The van der Waals surface area contributed by atoms with Gasteiger partial charge < -0.3 is 8.98 Å². The van der Waals surface area contributed by atoms with Gasteiger partial charge in [-0.25, -0.2) is 15.0 Å². The number of hydrogen-bond donors (Lipinski definition) is 0. The van der Waals surface area contributed by atoms with Crippen LogP contribution in [0, 0.1) is 11.8 Å². The van der Waals surface area contributed by atoms with Gasteiger partial charge in [0.1, 0.15) is 11.2 Å². The third-order valence-corrected chi connectivity index (χ3v) is 13.6. The van der Waals surface area contributed by atoms with Gasteiger partial charge in [-0.2, -0.15) is 0 Å². The first kappa shape index (κ1) is 32.3. The first-order valence-corrected chi connectivity index (χ1v) is 20.7. The number of aromatic nitrogens is 4. The summed E-state index contributed by atoms with van der Waals surface area (Å²) < 4.78 is 9.04. The SMILES string of the molecule is c1ccc(-c2nc(-c3ccccc3)nc(-c3cccc4oc5ccc(-c6ccc7c(c6)c6cc8c(cc6n7-c6ccccc6)C6CC7CC(C6)C8C7)cc5c34)n2)cc1. The largest absolute Gasteiger partial charge is 0.456 e. The molecule has 3 heterocycles. The molecule has 4 unspecified atom stereocenters. The fourth-order valence-electron chi connectivity index (χ4n) is 11.1. The summed E-state index contributed by atoms with van der Waals surface area (Å²) in [7, 11) is 0. The maximum Gasteiger partial charge on any atom is 0.164 e. The predicted molar refractivity (Wildman–Crippen MR) is 234 cm³/mol. The van der Waals surface area contributed by atoms with Gasteiger partial charge in [0.05, 0.1) is 11.0 Å². The molecular weight excluding hydrogens is 709 g/mol. The van der Waals surface area contributed by atoms with Crippen LogP contribution in [0.5, 0.6) is 0 Å². The summed E-state index contributed by atoms with van der Waals surface area (Å²) in [6.45, 7) is 0. The summed E-state index contributed by atoms with van der Waals surface area (Å²) in [5.74, 6) is 5.07. The molecule has 0 aliphatic heterocycles. The van der Waals surface area contributed by atoms with Crippen molar-refractivity contribution in [1.82, 2.24) is 19.5 Å². The molecule has 7 aromatic carbocycles. The fourth-order valence-corrected chi connectivity index (χ4v) is 11.1. The average molecular weight is 747 g/mol. The third kappa shape index (κ3) is 4.86. The van der Waals surface area contributed by atoms with Crippen LogP contribution in [0.2, 0.25) is 0 Å². The smallest absolute Gasteiger partial charge is 0.164 e. The first-order valence-electron chi connectivity index (χ1n) is 20.7. The molecule has 276 valence electrons. The molecule has 3 aliphatic carbocycles. The van der Waals surface area contributed by atoms with Gasteiger partial charge >= 0.3 is 0 Å². The van der Waals surface area contributed by atoms with E-state index >= 15 is 0 Å². The van der Waals surface area contributed by atoms with E-state index in [1.165, 1.54) is 58.7 Å². The molecule has 4 atom stereocenters. The molecule has 3 aliphatic rings. The van der Waals surface area contributed by atoms with Gasteiger partial charge in [-0.1, -0.05) is 103 Å². The highest BCUT2D eigenvalue weighted by Gasteiger charge is 2.47. The molecule has 0 radical (unpaired) electrons. The Hall–Kier alpha value is -6.85. The zero-order valence-electron chi connectivity index (χ0n) is 31.8. The standard InChI is InChI=1S/C53H38N4O/c1-4-11-32(12-5-1)51-54-52(33-13-6-2-7-14-33)56-53(55-51)39-17-10-18-49-50(39)45-28-35(20-22-48(45)58-49)34-19-21-46-43(27-34)44-29-42-40-25-31-23-36(40)26-37(24-31)41(42)30-47(44)57(46)38-15-8-3-9-16-38/h1-22,27-31,36-37,40H,23-26H2. The second-order valence-corrected chi connectivity index (χ2v) is 16.8. The van der Waals surface area contributed by atoms with E-state index in [0.29, 0.717) is 29.3 Å². The topological polar surface area (TPSA) is 56.7 Å². The van der Waals surface area contributed by atoms with Crippen LogP contribution >= 0.6 is 0 Å². The molecular formula is C53H38N4O. The van der Waals surface area contributed by atoms with E-state index in [9.17, 15) is 0 Å². The first-order chi connectivity index (χ1) is 28.7. The molecule has 2 saturated carbocycles. The number of rotatable bonds is 5. The predicted octanol–water partition coefficient (Wildman–Crippen LogP) is 13.5. The molecule has 0 N–H and O–H groups in total. The molecule has 13 rings (SSSR count). The summed E-state index contributed by atoms with van der Waals surface area (Å²) in [6, 6.07) is 56.2. The van der Waals surface area contributed by atoms with Crippen molar-refractivity contribution < 1.29 is 4.42 Å². The highest BCUT2D eigenvalue weighted by Crippen LogP contribution is 2.61. The van der Waals surface area contributed by atoms with E-state index in [4.69, 9.17) is 19.4 Å². The van der Waals surface area contributed by atoms with E-state index in [2.05, 4.69) is 89.5 Å². The lowest BCUT2D eigenvalue weighted by Crippen LogP contribution is -2.22. The molecule has 58 heavy (non-hydrogen) atoms. The highest BCUT2D eigenvalue weighted by molar-refractivity contribution is 6.14. The number of furan rings is 1. The van der Waals surface area contributed by atoms with Crippen molar-refractivity contribution in [1.29, 1.82) is 0 Å². The Labute approximate surface area is 335 Å². The Morgan fingerprint density at radius 1 is 0.466 bits per heavy atom. The molecule has 3 aromatic heterocycles. The van der Waals surface area contributed by atoms with E-state index < -0.39 is 0 Å². The lowest BCUT2D eigenvalue weighted by molar-refractivity contribution is 0.297. The van der Waals surface area contributed by atoms with Crippen LogP contribution in [0.25, 0.3) is 94.7 Å². The van der Waals surface area contributed by atoms with Crippen molar-refractivity contribution in [2.24, 2.45) is 11.8 Å². The monoisotopic (exact) mass is 746 g/mol. The lowest BCUT2D eigenvalue weighted by Gasteiger charge is -2.36. The zero-order chi connectivity index (χ0) is 37.9. The quantitative estimate of drug-likeness (QED) is 0.176. The summed E-state index contributed by atoms with van der Waals surface area (Å²) in [5, 5.41) is 4.70. The Morgan fingerprint density at radius 2 is 1.14 bits per heavy atom. The van der Waals surface area contributed by atoms with Crippen LogP contribution in [0.15, 0.2) is 162 Å². The number of hydrogen-bond acceptors (Lipinski definition) is 4. The number of para-hydroxylation sites is 1. The summed E-state index contributed by atoms with van der Waals surface area (Å²) >= 11 is 0. The maximum atomic E-state index is 6.54. The second-order valence-electron chi connectivity index (χ2n) is 16.8. The van der Waals surface area contributed by atoms with E-state index in [1.54, 1.807) is 11.1 Å². The average Bonchev–Trinajstić information content (AvgIpc) is 3.90. The number of benzene rings is 7. The molecule has 0 saturated heterocycles.